The maximum atomic E-state index is 4.20. The lowest BCUT2D eigenvalue weighted by Crippen LogP contribution is -1.98. The van der Waals surface area contributed by atoms with Gasteiger partial charge in [0.1, 0.15) is 0 Å². The van der Waals surface area contributed by atoms with E-state index < -0.39 is 0 Å². The second kappa shape index (κ2) is 1.78. The van der Waals surface area contributed by atoms with Gasteiger partial charge in [-0.05, 0) is 13.8 Å². The molecule has 4 nitrogen and oxygen atoms in total. The minimum absolute atomic E-state index is 0.764. The van der Waals surface area contributed by atoms with Crippen LogP contribution >= 0.6 is 0 Å². The SMILES string of the molecule is C=c1c(C)nn2c(C)nnc12. The summed E-state index contributed by atoms with van der Waals surface area (Å²) >= 11 is 0. The van der Waals surface area contributed by atoms with Gasteiger partial charge in [0.25, 0.3) is 0 Å². The molecule has 0 aliphatic carbocycles. The third-order valence-corrected chi connectivity index (χ3v) is 1.75. The first kappa shape index (κ1) is 6.27. The fourth-order valence-electron chi connectivity index (χ4n) is 1.04. The molecule has 0 aromatic carbocycles. The van der Waals surface area contributed by atoms with E-state index in [1.807, 2.05) is 13.8 Å². The Kier molecular flexibility index (Phi) is 1.01. The molecule has 0 spiro atoms. The summed E-state index contributed by atoms with van der Waals surface area (Å²) in [6, 6.07) is 0. The van der Waals surface area contributed by atoms with E-state index in [1.54, 1.807) is 4.52 Å². The second-order valence-corrected chi connectivity index (χ2v) is 2.55. The minimum Gasteiger partial charge on any atom is -0.197 e. The molecule has 11 heavy (non-hydrogen) atoms. The third-order valence-electron chi connectivity index (χ3n) is 1.75. The highest BCUT2D eigenvalue weighted by molar-refractivity contribution is 5.42. The van der Waals surface area contributed by atoms with Crippen molar-refractivity contribution in [3.63, 3.8) is 0 Å². The average molecular weight is 148 g/mol. The number of nitrogens with zero attached hydrogens (tertiary/aromatic N) is 4. The molecule has 0 aliphatic rings. The molecule has 0 saturated heterocycles. The molecule has 2 heterocycles. The Morgan fingerprint density at radius 3 is 2.64 bits per heavy atom. The molecule has 0 atom stereocenters. The molecule has 0 N–H and O–H groups in total. The predicted octanol–water partition coefficient (Wildman–Crippen LogP) is -0.130. The maximum absolute atomic E-state index is 4.20. The number of hydrogen-bond acceptors (Lipinski definition) is 3. The Morgan fingerprint density at radius 2 is 2.00 bits per heavy atom. The van der Waals surface area contributed by atoms with Crippen molar-refractivity contribution in [3.8, 4) is 0 Å². The van der Waals surface area contributed by atoms with E-state index in [0.717, 1.165) is 22.4 Å². The lowest BCUT2D eigenvalue weighted by molar-refractivity contribution is 0.875. The molecule has 4 heteroatoms. The molecule has 0 unspecified atom stereocenters. The topological polar surface area (TPSA) is 43.1 Å². The van der Waals surface area contributed by atoms with Crippen molar-refractivity contribution < 1.29 is 0 Å². The van der Waals surface area contributed by atoms with Crippen molar-refractivity contribution in [1.82, 2.24) is 19.8 Å². The number of fused-ring (bicyclic) bond motifs is 1. The van der Waals surface area contributed by atoms with Crippen LogP contribution in [0.5, 0.6) is 0 Å². The molecule has 0 bridgehead atoms. The van der Waals surface area contributed by atoms with Gasteiger partial charge in [-0.3, -0.25) is 0 Å². The lowest BCUT2D eigenvalue weighted by Gasteiger charge is -1.80. The van der Waals surface area contributed by atoms with E-state index in [-0.39, 0.29) is 0 Å². The van der Waals surface area contributed by atoms with Crippen LogP contribution in [0.15, 0.2) is 0 Å². The average Bonchev–Trinajstić information content (AvgIpc) is 2.43. The Morgan fingerprint density at radius 1 is 1.27 bits per heavy atom. The minimum atomic E-state index is 0.764. The first-order chi connectivity index (χ1) is 5.20. The molecule has 0 fully saturated rings. The van der Waals surface area contributed by atoms with E-state index in [0.29, 0.717) is 0 Å². The molecule has 0 saturated carbocycles. The zero-order valence-corrected chi connectivity index (χ0v) is 6.50. The summed E-state index contributed by atoms with van der Waals surface area (Å²) < 4.78 is 1.71. The van der Waals surface area contributed by atoms with E-state index >= 15 is 0 Å². The molecule has 2 aromatic rings. The molecule has 0 aliphatic heterocycles. The molecular weight excluding hydrogens is 140 g/mol. The molecule has 56 valence electrons. The van der Waals surface area contributed by atoms with E-state index in [2.05, 4.69) is 21.9 Å². The summed E-state index contributed by atoms with van der Waals surface area (Å²) in [5.41, 5.74) is 1.68. The molecule has 0 radical (unpaired) electrons. The number of hydrogen-bond donors (Lipinski definition) is 0. The van der Waals surface area contributed by atoms with E-state index in [9.17, 15) is 0 Å². The molecule has 0 amide bonds. The van der Waals surface area contributed by atoms with Gasteiger partial charge in [0.2, 0.25) is 0 Å². The Hall–Kier alpha value is -1.45. The van der Waals surface area contributed by atoms with Gasteiger partial charge in [-0.2, -0.15) is 9.61 Å². The van der Waals surface area contributed by atoms with Crippen molar-refractivity contribution in [1.29, 1.82) is 0 Å². The molecule has 2 aromatic heterocycles. The normalized spacial score (nSPS) is 11.1. The van der Waals surface area contributed by atoms with Gasteiger partial charge in [0.15, 0.2) is 11.5 Å². The zero-order valence-electron chi connectivity index (χ0n) is 6.50. The Bertz CT molecular complexity index is 442. The molecule has 2 rings (SSSR count). The van der Waals surface area contributed by atoms with Gasteiger partial charge in [-0.1, -0.05) is 6.58 Å². The Balaban J connectivity index is 3.05. The highest BCUT2D eigenvalue weighted by atomic mass is 15.4. The first-order valence-electron chi connectivity index (χ1n) is 3.37. The van der Waals surface area contributed by atoms with Crippen molar-refractivity contribution in [2.75, 3.05) is 0 Å². The van der Waals surface area contributed by atoms with Crippen LogP contribution in [0.25, 0.3) is 12.2 Å². The van der Waals surface area contributed by atoms with Gasteiger partial charge in [0, 0.05) is 5.22 Å². The monoisotopic (exact) mass is 148 g/mol. The number of rotatable bonds is 0. The Labute approximate surface area is 63.5 Å². The van der Waals surface area contributed by atoms with Crippen molar-refractivity contribution in [3.05, 3.63) is 16.7 Å². The highest BCUT2D eigenvalue weighted by Crippen LogP contribution is 1.95. The summed E-state index contributed by atoms with van der Waals surface area (Å²) in [5, 5.41) is 12.9. The largest absolute Gasteiger partial charge is 0.197 e. The summed E-state index contributed by atoms with van der Waals surface area (Å²) in [6.45, 7) is 7.62. The molecular formula is C7H8N4. The predicted molar refractivity (Wildman–Crippen MR) is 41.0 cm³/mol. The maximum Gasteiger partial charge on any atom is 0.186 e. The van der Waals surface area contributed by atoms with Gasteiger partial charge in [-0.15, -0.1) is 10.2 Å². The van der Waals surface area contributed by atoms with Gasteiger partial charge < -0.3 is 0 Å². The van der Waals surface area contributed by atoms with Gasteiger partial charge in [0.05, 0.1) is 5.69 Å². The van der Waals surface area contributed by atoms with Gasteiger partial charge in [-0.25, -0.2) is 0 Å². The summed E-state index contributed by atoms with van der Waals surface area (Å²) in [4.78, 5) is 0. The fraction of sp³-hybridized carbons (Fsp3) is 0.286. The quantitative estimate of drug-likeness (QED) is 0.522. The van der Waals surface area contributed by atoms with Crippen LogP contribution in [0.1, 0.15) is 11.5 Å². The van der Waals surface area contributed by atoms with Crippen LogP contribution in [-0.2, 0) is 0 Å². The van der Waals surface area contributed by atoms with Crippen LogP contribution in [-0.4, -0.2) is 19.8 Å². The van der Waals surface area contributed by atoms with Gasteiger partial charge >= 0.3 is 0 Å². The second-order valence-electron chi connectivity index (χ2n) is 2.55. The lowest BCUT2D eigenvalue weighted by atomic mass is 10.4. The fourth-order valence-corrected chi connectivity index (χ4v) is 1.04. The zero-order chi connectivity index (χ0) is 8.01. The third kappa shape index (κ3) is 0.661. The van der Waals surface area contributed by atoms with Crippen LogP contribution in [0, 0.1) is 13.8 Å². The standard InChI is InChI=1S/C7H8N4/c1-4-5(2)10-11-6(3)8-9-7(4)11/h1H2,2-3H3. The highest BCUT2D eigenvalue weighted by Gasteiger charge is 2.05. The van der Waals surface area contributed by atoms with E-state index in [1.165, 1.54) is 0 Å². The van der Waals surface area contributed by atoms with Crippen LogP contribution in [0.3, 0.4) is 0 Å². The van der Waals surface area contributed by atoms with E-state index in [4.69, 9.17) is 0 Å². The summed E-state index contributed by atoms with van der Waals surface area (Å²) in [5.74, 6) is 0.804. The van der Waals surface area contributed by atoms with Crippen molar-refractivity contribution in [2.45, 2.75) is 13.8 Å². The smallest absolute Gasteiger partial charge is 0.186 e. The van der Waals surface area contributed by atoms with Crippen LogP contribution < -0.4 is 5.22 Å². The van der Waals surface area contributed by atoms with Crippen LogP contribution in [0.2, 0.25) is 0 Å². The first-order valence-corrected chi connectivity index (χ1v) is 3.37. The van der Waals surface area contributed by atoms with Crippen molar-refractivity contribution >= 4 is 12.2 Å². The number of aromatic nitrogens is 4. The summed E-state index contributed by atoms with van der Waals surface area (Å²) in [6.07, 6.45) is 0. The van der Waals surface area contributed by atoms with Crippen LogP contribution in [0.4, 0.5) is 0 Å². The summed E-state index contributed by atoms with van der Waals surface area (Å²) in [7, 11) is 0. The van der Waals surface area contributed by atoms with Crippen molar-refractivity contribution in [2.24, 2.45) is 0 Å². The number of aryl methyl sites for hydroxylation is 2.